The standard InChI is InChI=1S/C17H24BrN5O2/c1-10(2)8-23-12(4)14(11(3)21-23)7-16(24)19-20-17(25)15-6-13(18)9-22(15)5/h6,9-10H,7-8H2,1-5H3,(H,19,24)(H,20,25). The molecule has 0 bridgehead atoms. The van der Waals surface area contributed by atoms with Crippen LogP contribution in [0.1, 0.15) is 41.3 Å². The Labute approximate surface area is 155 Å². The lowest BCUT2D eigenvalue weighted by atomic mass is 10.1. The minimum absolute atomic E-state index is 0.173. The van der Waals surface area contributed by atoms with Crippen molar-refractivity contribution in [3.63, 3.8) is 0 Å². The molecule has 0 aliphatic rings. The average molecular weight is 410 g/mol. The second-order valence-corrected chi connectivity index (χ2v) is 7.47. The van der Waals surface area contributed by atoms with Crippen LogP contribution in [0.25, 0.3) is 0 Å². The van der Waals surface area contributed by atoms with Crippen LogP contribution in [0.3, 0.4) is 0 Å². The maximum absolute atomic E-state index is 12.2. The molecule has 7 nitrogen and oxygen atoms in total. The molecule has 0 aliphatic heterocycles. The Kier molecular flexibility index (Phi) is 6.05. The largest absolute Gasteiger partial charge is 0.345 e. The highest BCUT2D eigenvalue weighted by molar-refractivity contribution is 9.10. The van der Waals surface area contributed by atoms with Gasteiger partial charge in [-0.15, -0.1) is 0 Å². The molecule has 0 atom stereocenters. The molecule has 0 aliphatic carbocycles. The van der Waals surface area contributed by atoms with Gasteiger partial charge in [0.15, 0.2) is 0 Å². The molecule has 2 aromatic heterocycles. The van der Waals surface area contributed by atoms with Crippen molar-refractivity contribution in [2.45, 2.75) is 40.7 Å². The quantitative estimate of drug-likeness (QED) is 0.743. The Bertz CT molecular complexity index is 791. The molecule has 0 saturated heterocycles. The van der Waals surface area contributed by atoms with Crippen molar-refractivity contribution in [3.8, 4) is 0 Å². The van der Waals surface area contributed by atoms with Crippen LogP contribution in [-0.2, 0) is 24.8 Å². The van der Waals surface area contributed by atoms with Gasteiger partial charge in [0.25, 0.3) is 5.91 Å². The third kappa shape index (κ3) is 4.72. The molecular weight excluding hydrogens is 386 g/mol. The summed E-state index contributed by atoms with van der Waals surface area (Å²) in [6.07, 6.45) is 1.94. The maximum Gasteiger partial charge on any atom is 0.286 e. The number of carbonyl (C=O) groups excluding carboxylic acids is 2. The maximum atomic E-state index is 12.2. The number of hydrogen-bond acceptors (Lipinski definition) is 3. The van der Waals surface area contributed by atoms with E-state index in [1.807, 2.05) is 18.5 Å². The molecule has 0 aromatic carbocycles. The second-order valence-electron chi connectivity index (χ2n) is 6.56. The van der Waals surface area contributed by atoms with Crippen molar-refractivity contribution in [1.82, 2.24) is 25.2 Å². The van der Waals surface area contributed by atoms with Gasteiger partial charge in [0, 0.05) is 35.5 Å². The lowest BCUT2D eigenvalue weighted by Crippen LogP contribution is -2.43. The smallest absolute Gasteiger partial charge is 0.286 e. The van der Waals surface area contributed by atoms with E-state index in [1.54, 1.807) is 23.9 Å². The Morgan fingerprint density at radius 1 is 1.28 bits per heavy atom. The molecule has 0 unspecified atom stereocenters. The van der Waals surface area contributed by atoms with E-state index in [4.69, 9.17) is 0 Å². The van der Waals surface area contributed by atoms with E-state index in [9.17, 15) is 9.59 Å². The number of aromatic nitrogens is 3. The fraction of sp³-hybridized carbons (Fsp3) is 0.471. The molecule has 2 N–H and O–H groups in total. The number of amides is 2. The summed E-state index contributed by atoms with van der Waals surface area (Å²) in [5.74, 6) is -0.175. The highest BCUT2D eigenvalue weighted by Crippen LogP contribution is 2.15. The third-order valence-electron chi connectivity index (χ3n) is 3.93. The summed E-state index contributed by atoms with van der Waals surface area (Å²) >= 11 is 3.31. The first kappa shape index (κ1) is 19.2. The van der Waals surface area contributed by atoms with Crippen LogP contribution in [0.2, 0.25) is 0 Å². The minimum atomic E-state index is -0.370. The number of carbonyl (C=O) groups is 2. The van der Waals surface area contributed by atoms with Gasteiger partial charge in [0.2, 0.25) is 5.91 Å². The predicted molar refractivity (Wildman–Crippen MR) is 99.0 cm³/mol. The summed E-state index contributed by atoms with van der Waals surface area (Å²) in [6, 6.07) is 1.69. The fourth-order valence-corrected chi connectivity index (χ4v) is 3.18. The molecule has 2 amide bonds. The molecule has 8 heteroatoms. The van der Waals surface area contributed by atoms with E-state index >= 15 is 0 Å². The van der Waals surface area contributed by atoms with Gasteiger partial charge < -0.3 is 4.57 Å². The SMILES string of the molecule is Cc1nn(CC(C)C)c(C)c1CC(=O)NNC(=O)c1cc(Br)cn1C. The lowest BCUT2D eigenvalue weighted by Gasteiger charge is -2.09. The average Bonchev–Trinajstić information content (AvgIpc) is 2.98. The number of nitrogens with zero attached hydrogens (tertiary/aromatic N) is 3. The summed E-state index contributed by atoms with van der Waals surface area (Å²) in [6.45, 7) is 8.92. The van der Waals surface area contributed by atoms with Crippen LogP contribution in [0.15, 0.2) is 16.7 Å². The topological polar surface area (TPSA) is 81.0 Å². The predicted octanol–water partition coefficient (Wildman–Crippen LogP) is 2.26. The molecule has 25 heavy (non-hydrogen) atoms. The number of nitrogens with one attached hydrogen (secondary N) is 2. The third-order valence-corrected chi connectivity index (χ3v) is 4.36. The molecule has 2 rings (SSSR count). The van der Waals surface area contributed by atoms with Gasteiger partial charge in [0.1, 0.15) is 5.69 Å². The monoisotopic (exact) mass is 409 g/mol. The lowest BCUT2D eigenvalue weighted by molar-refractivity contribution is -0.121. The Morgan fingerprint density at radius 3 is 2.52 bits per heavy atom. The highest BCUT2D eigenvalue weighted by atomic mass is 79.9. The summed E-state index contributed by atoms with van der Waals surface area (Å²) in [5, 5.41) is 4.50. The first-order valence-electron chi connectivity index (χ1n) is 8.13. The molecule has 136 valence electrons. The van der Waals surface area contributed by atoms with E-state index in [0.29, 0.717) is 11.6 Å². The van der Waals surface area contributed by atoms with Gasteiger partial charge in [-0.3, -0.25) is 25.1 Å². The van der Waals surface area contributed by atoms with Crippen molar-refractivity contribution >= 4 is 27.7 Å². The van der Waals surface area contributed by atoms with Crippen LogP contribution in [0, 0.1) is 19.8 Å². The van der Waals surface area contributed by atoms with Gasteiger partial charge in [0.05, 0.1) is 12.1 Å². The number of halogens is 1. The number of rotatable bonds is 5. The number of hydrazine groups is 1. The Morgan fingerprint density at radius 2 is 1.96 bits per heavy atom. The van der Waals surface area contributed by atoms with E-state index in [2.05, 4.69) is 45.7 Å². The van der Waals surface area contributed by atoms with Crippen LogP contribution < -0.4 is 10.9 Å². The van der Waals surface area contributed by atoms with Gasteiger partial charge in [-0.05, 0) is 41.8 Å². The summed E-state index contributed by atoms with van der Waals surface area (Å²) in [5.41, 5.74) is 8.08. The normalized spacial score (nSPS) is 11.0. The van der Waals surface area contributed by atoms with Gasteiger partial charge in [-0.1, -0.05) is 13.8 Å². The zero-order valence-electron chi connectivity index (χ0n) is 15.2. The van der Waals surface area contributed by atoms with Crippen molar-refractivity contribution in [2.24, 2.45) is 13.0 Å². The molecule has 0 radical (unpaired) electrons. The van der Waals surface area contributed by atoms with Gasteiger partial charge in [-0.2, -0.15) is 5.10 Å². The van der Waals surface area contributed by atoms with E-state index < -0.39 is 0 Å². The summed E-state index contributed by atoms with van der Waals surface area (Å²) in [7, 11) is 1.76. The zero-order valence-corrected chi connectivity index (χ0v) is 16.8. The molecule has 0 fully saturated rings. The summed E-state index contributed by atoms with van der Waals surface area (Å²) in [4.78, 5) is 24.3. The van der Waals surface area contributed by atoms with E-state index in [0.717, 1.165) is 28.0 Å². The molecular formula is C17H24BrN5O2. The van der Waals surface area contributed by atoms with Crippen LogP contribution >= 0.6 is 15.9 Å². The van der Waals surface area contributed by atoms with Crippen molar-refractivity contribution < 1.29 is 9.59 Å². The number of hydrogen-bond donors (Lipinski definition) is 2. The van der Waals surface area contributed by atoms with Crippen molar-refractivity contribution in [1.29, 1.82) is 0 Å². The van der Waals surface area contributed by atoms with Crippen molar-refractivity contribution in [2.75, 3.05) is 0 Å². The zero-order chi connectivity index (χ0) is 18.7. The second kappa shape index (κ2) is 7.86. The minimum Gasteiger partial charge on any atom is -0.345 e. The Balaban J connectivity index is 1.98. The highest BCUT2D eigenvalue weighted by Gasteiger charge is 2.17. The molecule has 2 aromatic rings. The molecule has 0 spiro atoms. The Hall–Kier alpha value is -2.09. The van der Waals surface area contributed by atoms with E-state index in [1.165, 1.54) is 0 Å². The molecule has 2 heterocycles. The van der Waals surface area contributed by atoms with Crippen molar-refractivity contribution in [3.05, 3.63) is 39.4 Å². The van der Waals surface area contributed by atoms with Crippen LogP contribution in [-0.4, -0.2) is 26.2 Å². The first-order valence-corrected chi connectivity index (χ1v) is 8.92. The first-order chi connectivity index (χ1) is 11.7. The van der Waals surface area contributed by atoms with Crippen LogP contribution in [0.4, 0.5) is 0 Å². The molecule has 0 saturated carbocycles. The van der Waals surface area contributed by atoms with Gasteiger partial charge in [-0.25, -0.2) is 0 Å². The number of aryl methyl sites for hydroxylation is 2. The fourth-order valence-electron chi connectivity index (χ4n) is 2.66. The van der Waals surface area contributed by atoms with Gasteiger partial charge >= 0.3 is 0 Å². The summed E-state index contributed by atoms with van der Waals surface area (Å²) < 4.78 is 4.41. The van der Waals surface area contributed by atoms with Crippen LogP contribution in [0.5, 0.6) is 0 Å². The van der Waals surface area contributed by atoms with E-state index in [-0.39, 0.29) is 18.2 Å².